The van der Waals surface area contributed by atoms with Gasteiger partial charge in [-0.25, -0.2) is 4.39 Å². The largest absolute Gasteiger partial charge is 0.379 e. The first-order chi connectivity index (χ1) is 9.65. The molecule has 0 atom stereocenters. The second-order valence-electron chi connectivity index (χ2n) is 5.12. The van der Waals surface area contributed by atoms with Gasteiger partial charge in [0, 0.05) is 30.7 Å². The van der Waals surface area contributed by atoms with Gasteiger partial charge in [-0.15, -0.1) is 0 Å². The minimum Gasteiger partial charge on any atom is -0.379 e. The second kappa shape index (κ2) is 5.00. The van der Waals surface area contributed by atoms with E-state index in [4.69, 9.17) is 0 Å². The van der Waals surface area contributed by atoms with E-state index < -0.39 is 0 Å². The van der Waals surface area contributed by atoms with Crippen LogP contribution in [0.15, 0.2) is 48.7 Å². The van der Waals surface area contributed by atoms with E-state index in [9.17, 15) is 4.39 Å². The number of fused-ring (bicyclic) bond motifs is 1. The number of hydrogen-bond acceptors (Lipinski definition) is 1. The Hall–Kier alpha value is -2.29. The topological polar surface area (TPSA) is 17.0 Å². The van der Waals surface area contributed by atoms with Gasteiger partial charge >= 0.3 is 0 Å². The first kappa shape index (κ1) is 12.7. The van der Waals surface area contributed by atoms with Crippen molar-refractivity contribution < 1.29 is 4.39 Å². The van der Waals surface area contributed by atoms with Gasteiger partial charge in [0.15, 0.2) is 0 Å². The predicted octanol–water partition coefficient (Wildman–Crippen LogP) is 4.24. The minimum absolute atomic E-state index is 0.212. The molecule has 0 bridgehead atoms. The van der Waals surface area contributed by atoms with Gasteiger partial charge in [0.05, 0.1) is 5.69 Å². The average Bonchev–Trinajstić information content (AvgIpc) is 2.77. The van der Waals surface area contributed by atoms with Gasteiger partial charge in [0.25, 0.3) is 0 Å². The molecule has 2 nitrogen and oxygen atoms in total. The van der Waals surface area contributed by atoms with E-state index in [0.717, 1.165) is 5.56 Å². The number of aromatic nitrogens is 1. The summed E-state index contributed by atoms with van der Waals surface area (Å²) in [4.78, 5) is 0. The highest BCUT2D eigenvalue weighted by atomic mass is 19.1. The summed E-state index contributed by atoms with van der Waals surface area (Å²) in [7, 11) is 2.03. The van der Waals surface area contributed by atoms with Crippen LogP contribution < -0.4 is 5.32 Å². The number of benzene rings is 2. The fourth-order valence-corrected chi connectivity index (χ4v) is 2.53. The van der Waals surface area contributed by atoms with Crippen molar-refractivity contribution in [1.82, 2.24) is 4.57 Å². The van der Waals surface area contributed by atoms with Crippen molar-refractivity contribution >= 4 is 16.6 Å². The summed E-state index contributed by atoms with van der Waals surface area (Å²) in [5, 5.41) is 4.39. The first-order valence-corrected chi connectivity index (χ1v) is 6.68. The molecule has 0 spiro atoms. The summed E-state index contributed by atoms with van der Waals surface area (Å²) in [5.74, 6) is -0.212. The molecule has 0 radical (unpaired) electrons. The molecule has 0 saturated heterocycles. The lowest BCUT2D eigenvalue weighted by Gasteiger charge is -2.08. The molecule has 1 N–H and O–H groups in total. The molecule has 3 aromatic rings. The third kappa shape index (κ3) is 2.27. The Morgan fingerprint density at radius 2 is 1.95 bits per heavy atom. The molecule has 20 heavy (non-hydrogen) atoms. The van der Waals surface area contributed by atoms with E-state index >= 15 is 0 Å². The number of aryl methyl sites for hydroxylation is 2. The molecule has 3 heteroatoms. The molecule has 0 unspecified atom stereocenters. The summed E-state index contributed by atoms with van der Waals surface area (Å²) in [5.41, 5.74) is 3.96. The van der Waals surface area contributed by atoms with Crippen molar-refractivity contribution in [2.45, 2.75) is 13.5 Å². The van der Waals surface area contributed by atoms with Crippen molar-refractivity contribution in [3.8, 4) is 0 Å². The SMILES string of the molecule is Cc1ccc(F)c(NCc2cn(C)c3ccccc23)c1. The number of nitrogens with zero attached hydrogens (tertiary/aromatic N) is 1. The van der Waals surface area contributed by atoms with Gasteiger partial charge in [-0.2, -0.15) is 0 Å². The zero-order valence-electron chi connectivity index (χ0n) is 11.7. The fourth-order valence-electron chi connectivity index (χ4n) is 2.53. The monoisotopic (exact) mass is 268 g/mol. The highest BCUT2D eigenvalue weighted by molar-refractivity contribution is 5.84. The van der Waals surface area contributed by atoms with E-state index in [0.29, 0.717) is 12.2 Å². The zero-order chi connectivity index (χ0) is 14.1. The summed E-state index contributed by atoms with van der Waals surface area (Å²) >= 11 is 0. The Morgan fingerprint density at radius 1 is 1.15 bits per heavy atom. The maximum absolute atomic E-state index is 13.7. The number of halogens is 1. The lowest BCUT2D eigenvalue weighted by molar-refractivity contribution is 0.629. The van der Waals surface area contributed by atoms with Crippen LogP contribution in [0, 0.1) is 12.7 Å². The predicted molar refractivity (Wildman–Crippen MR) is 81.4 cm³/mol. The van der Waals surface area contributed by atoms with Gasteiger partial charge in [0.1, 0.15) is 5.82 Å². The minimum atomic E-state index is -0.212. The zero-order valence-corrected chi connectivity index (χ0v) is 11.7. The molecule has 1 heterocycles. The fraction of sp³-hybridized carbons (Fsp3) is 0.176. The number of hydrogen-bond donors (Lipinski definition) is 1. The van der Waals surface area contributed by atoms with Gasteiger partial charge in [-0.05, 0) is 36.2 Å². The van der Waals surface area contributed by atoms with Crippen LogP contribution in [0.1, 0.15) is 11.1 Å². The molecule has 3 rings (SSSR count). The van der Waals surface area contributed by atoms with Crippen molar-refractivity contribution in [2.75, 3.05) is 5.32 Å². The highest BCUT2D eigenvalue weighted by Crippen LogP contribution is 2.22. The quantitative estimate of drug-likeness (QED) is 0.752. The third-order valence-corrected chi connectivity index (χ3v) is 3.57. The van der Waals surface area contributed by atoms with Crippen molar-refractivity contribution in [2.24, 2.45) is 7.05 Å². The number of para-hydroxylation sites is 1. The van der Waals surface area contributed by atoms with E-state index in [2.05, 4.69) is 28.2 Å². The van der Waals surface area contributed by atoms with Crippen LogP contribution >= 0.6 is 0 Å². The summed E-state index contributed by atoms with van der Waals surface area (Å²) in [6, 6.07) is 13.4. The molecule has 2 aromatic carbocycles. The number of anilines is 1. The van der Waals surface area contributed by atoms with Gasteiger partial charge in [-0.1, -0.05) is 24.3 Å². The molecule has 0 aliphatic heterocycles. The summed E-state index contributed by atoms with van der Waals surface area (Å²) in [6.07, 6.45) is 2.09. The maximum Gasteiger partial charge on any atom is 0.146 e. The van der Waals surface area contributed by atoms with Crippen molar-refractivity contribution in [3.05, 3.63) is 65.6 Å². The molecule has 0 amide bonds. The average molecular weight is 268 g/mol. The summed E-state index contributed by atoms with van der Waals surface area (Å²) < 4.78 is 15.8. The van der Waals surface area contributed by atoms with Crippen LogP contribution in [-0.4, -0.2) is 4.57 Å². The Kier molecular flexibility index (Phi) is 3.18. The first-order valence-electron chi connectivity index (χ1n) is 6.68. The van der Waals surface area contributed by atoms with Crippen LogP contribution in [0.3, 0.4) is 0 Å². The molecular weight excluding hydrogens is 251 g/mol. The molecule has 102 valence electrons. The van der Waals surface area contributed by atoms with Gasteiger partial charge < -0.3 is 9.88 Å². The third-order valence-electron chi connectivity index (χ3n) is 3.57. The number of nitrogens with one attached hydrogen (secondary N) is 1. The molecule has 0 aliphatic rings. The van der Waals surface area contributed by atoms with Crippen LogP contribution in [0.5, 0.6) is 0 Å². The van der Waals surface area contributed by atoms with Crippen LogP contribution in [0.2, 0.25) is 0 Å². The Labute approximate surface area is 117 Å². The Bertz CT molecular complexity index is 759. The van der Waals surface area contributed by atoms with E-state index in [1.54, 1.807) is 6.07 Å². The van der Waals surface area contributed by atoms with Crippen molar-refractivity contribution in [1.29, 1.82) is 0 Å². The lowest BCUT2D eigenvalue weighted by Crippen LogP contribution is -2.01. The van der Waals surface area contributed by atoms with Gasteiger partial charge in [-0.3, -0.25) is 0 Å². The van der Waals surface area contributed by atoms with E-state index in [-0.39, 0.29) is 5.82 Å². The molecule has 0 aliphatic carbocycles. The van der Waals surface area contributed by atoms with Gasteiger partial charge in [0.2, 0.25) is 0 Å². The standard InChI is InChI=1S/C17H17FN2/c1-12-7-8-15(18)16(9-12)19-10-13-11-20(2)17-6-4-3-5-14(13)17/h3-9,11,19H,10H2,1-2H3. The van der Waals surface area contributed by atoms with E-state index in [1.807, 2.05) is 32.2 Å². The van der Waals surface area contributed by atoms with Crippen LogP contribution in [0.25, 0.3) is 10.9 Å². The highest BCUT2D eigenvalue weighted by Gasteiger charge is 2.07. The van der Waals surface area contributed by atoms with Crippen LogP contribution in [-0.2, 0) is 13.6 Å². The van der Waals surface area contributed by atoms with Crippen molar-refractivity contribution in [3.63, 3.8) is 0 Å². The molecule has 0 saturated carbocycles. The Morgan fingerprint density at radius 3 is 2.80 bits per heavy atom. The molecule has 1 aromatic heterocycles. The molecule has 0 fully saturated rings. The Balaban J connectivity index is 1.89. The number of rotatable bonds is 3. The smallest absolute Gasteiger partial charge is 0.146 e. The normalized spacial score (nSPS) is 10.9. The molecular formula is C17H17FN2. The summed E-state index contributed by atoms with van der Waals surface area (Å²) in [6.45, 7) is 2.57. The van der Waals surface area contributed by atoms with E-state index in [1.165, 1.54) is 22.5 Å². The van der Waals surface area contributed by atoms with Crippen LogP contribution in [0.4, 0.5) is 10.1 Å². The maximum atomic E-state index is 13.7. The lowest BCUT2D eigenvalue weighted by atomic mass is 10.1. The second-order valence-corrected chi connectivity index (χ2v) is 5.12.